The van der Waals surface area contributed by atoms with E-state index in [9.17, 15) is 0 Å². The minimum Gasteiger partial charge on any atom is -0.398 e. The smallest absolute Gasteiger partial charge is 0.231 e. The van der Waals surface area contributed by atoms with Gasteiger partial charge in [-0.2, -0.15) is 9.97 Å². The van der Waals surface area contributed by atoms with Gasteiger partial charge in [0.2, 0.25) is 5.95 Å². The number of fused-ring (bicyclic) bond motifs is 1. The Kier molecular flexibility index (Phi) is 4.33. The molecule has 7 nitrogen and oxygen atoms in total. The van der Waals surface area contributed by atoms with E-state index in [1.165, 1.54) is 0 Å². The van der Waals surface area contributed by atoms with Crippen LogP contribution in [0.3, 0.4) is 0 Å². The number of rotatable bonds is 6. The van der Waals surface area contributed by atoms with Crippen LogP contribution >= 0.6 is 0 Å². The molecule has 2 heterocycles. The molecule has 0 saturated heterocycles. The number of nitrogens with zero attached hydrogens (tertiary/aromatic N) is 2. The minimum atomic E-state index is 0.439. The van der Waals surface area contributed by atoms with Gasteiger partial charge in [0.1, 0.15) is 11.5 Å². The van der Waals surface area contributed by atoms with Crippen LogP contribution in [0.4, 0.5) is 23.1 Å². The molecule has 0 aliphatic rings. The first-order chi connectivity index (χ1) is 11.6. The first-order valence-corrected chi connectivity index (χ1v) is 7.89. The maximum absolute atomic E-state index is 7.70. The molecule has 3 rings (SSSR count). The van der Waals surface area contributed by atoms with Crippen molar-refractivity contribution in [3.63, 3.8) is 0 Å². The summed E-state index contributed by atoms with van der Waals surface area (Å²) in [5.74, 6) is 1.29. The number of hydrogen-bond acceptors (Lipinski definition) is 6. The molecule has 0 unspecified atom stereocenters. The number of nitrogen functional groups attached to an aromatic ring is 1. The lowest BCUT2D eigenvalue weighted by Crippen LogP contribution is -2.06. The van der Waals surface area contributed by atoms with Crippen molar-refractivity contribution in [2.24, 2.45) is 0 Å². The van der Waals surface area contributed by atoms with Crippen LogP contribution in [0.15, 0.2) is 30.5 Å². The fourth-order valence-electron chi connectivity index (χ4n) is 2.49. The molecule has 1 aromatic carbocycles. The second-order valence-corrected chi connectivity index (χ2v) is 5.61. The molecular formula is C17H21N7. The van der Waals surface area contributed by atoms with Crippen LogP contribution < -0.4 is 16.4 Å². The standard InChI is InChI=1S/C17H21N7/c1-3-7-20-15-13-6-8-21-16(13)24-17(23-15)22-11-4-5-12(10(2)18)14(19)9-11/h4-6,8-9,18H,3,7,19H2,1-2H3,(H3,20,21,22,23,24). The molecule has 3 aromatic rings. The Morgan fingerprint density at radius 1 is 1.29 bits per heavy atom. The van der Waals surface area contributed by atoms with Gasteiger partial charge in [-0.3, -0.25) is 0 Å². The zero-order valence-electron chi connectivity index (χ0n) is 13.8. The van der Waals surface area contributed by atoms with Crippen molar-refractivity contribution >= 4 is 39.9 Å². The molecule has 0 spiro atoms. The second-order valence-electron chi connectivity index (χ2n) is 5.61. The SMILES string of the molecule is CCCNc1nc(Nc2ccc(C(C)=N)c(N)c2)nc2[nH]ccc12. The zero-order chi connectivity index (χ0) is 17.1. The van der Waals surface area contributed by atoms with Gasteiger partial charge in [-0.15, -0.1) is 0 Å². The van der Waals surface area contributed by atoms with Crippen molar-refractivity contribution in [1.29, 1.82) is 5.41 Å². The maximum Gasteiger partial charge on any atom is 0.231 e. The Labute approximate surface area is 140 Å². The van der Waals surface area contributed by atoms with Gasteiger partial charge in [0, 0.05) is 35.4 Å². The van der Waals surface area contributed by atoms with E-state index < -0.39 is 0 Å². The molecule has 7 heteroatoms. The number of H-pyrrole nitrogens is 1. The molecule has 0 radical (unpaired) electrons. The molecule has 124 valence electrons. The molecule has 0 aliphatic carbocycles. The highest BCUT2D eigenvalue weighted by molar-refractivity contribution is 6.01. The van der Waals surface area contributed by atoms with Gasteiger partial charge in [0.25, 0.3) is 0 Å². The molecule has 0 bridgehead atoms. The fraction of sp³-hybridized carbons (Fsp3) is 0.235. The van der Waals surface area contributed by atoms with Gasteiger partial charge in [-0.1, -0.05) is 6.92 Å². The molecule has 2 aromatic heterocycles. The average Bonchev–Trinajstić information content (AvgIpc) is 3.01. The minimum absolute atomic E-state index is 0.439. The van der Waals surface area contributed by atoms with Gasteiger partial charge < -0.3 is 26.8 Å². The van der Waals surface area contributed by atoms with E-state index in [0.29, 0.717) is 17.3 Å². The summed E-state index contributed by atoms with van der Waals surface area (Å²) in [7, 11) is 0. The Hall–Kier alpha value is -3.09. The van der Waals surface area contributed by atoms with Crippen molar-refractivity contribution in [3.8, 4) is 0 Å². The number of benzene rings is 1. The van der Waals surface area contributed by atoms with Crippen molar-refractivity contribution in [3.05, 3.63) is 36.0 Å². The predicted molar refractivity (Wildman–Crippen MR) is 99.3 cm³/mol. The monoisotopic (exact) mass is 323 g/mol. The Balaban J connectivity index is 1.92. The molecule has 0 aliphatic heterocycles. The molecular weight excluding hydrogens is 302 g/mol. The van der Waals surface area contributed by atoms with E-state index in [2.05, 4.69) is 32.5 Å². The number of anilines is 4. The van der Waals surface area contributed by atoms with Gasteiger partial charge in [-0.25, -0.2) is 0 Å². The Morgan fingerprint density at radius 3 is 2.83 bits per heavy atom. The normalized spacial score (nSPS) is 10.8. The van der Waals surface area contributed by atoms with E-state index >= 15 is 0 Å². The number of nitrogens with two attached hydrogens (primary N) is 1. The number of nitrogens with one attached hydrogen (secondary N) is 4. The van der Waals surface area contributed by atoms with E-state index in [4.69, 9.17) is 11.1 Å². The van der Waals surface area contributed by atoms with Crippen LogP contribution in [-0.4, -0.2) is 27.2 Å². The number of hydrogen-bond donors (Lipinski definition) is 5. The van der Waals surface area contributed by atoms with Crippen LogP contribution in [0.2, 0.25) is 0 Å². The first-order valence-electron chi connectivity index (χ1n) is 7.89. The van der Waals surface area contributed by atoms with Crippen molar-refractivity contribution in [2.45, 2.75) is 20.3 Å². The van der Waals surface area contributed by atoms with E-state index in [0.717, 1.165) is 41.1 Å². The summed E-state index contributed by atoms with van der Waals surface area (Å²) in [5, 5.41) is 15.2. The van der Waals surface area contributed by atoms with Crippen molar-refractivity contribution in [1.82, 2.24) is 15.0 Å². The van der Waals surface area contributed by atoms with E-state index in [1.54, 1.807) is 13.0 Å². The quantitative estimate of drug-likeness (QED) is 0.352. The molecule has 0 fully saturated rings. The van der Waals surface area contributed by atoms with Crippen LogP contribution in [0.25, 0.3) is 11.0 Å². The first kappa shape index (κ1) is 15.8. The predicted octanol–water partition coefficient (Wildman–Crippen LogP) is 3.49. The highest BCUT2D eigenvalue weighted by atomic mass is 15.2. The fourth-order valence-corrected chi connectivity index (χ4v) is 2.49. The summed E-state index contributed by atoms with van der Waals surface area (Å²) in [6, 6.07) is 7.43. The third-order valence-corrected chi connectivity index (χ3v) is 3.67. The lowest BCUT2D eigenvalue weighted by molar-refractivity contribution is 0.970. The lowest BCUT2D eigenvalue weighted by Gasteiger charge is -2.11. The topological polar surface area (TPSA) is 116 Å². The highest BCUT2D eigenvalue weighted by Crippen LogP contribution is 2.24. The van der Waals surface area contributed by atoms with Gasteiger partial charge >= 0.3 is 0 Å². The second kappa shape index (κ2) is 6.57. The molecule has 6 N–H and O–H groups in total. The summed E-state index contributed by atoms with van der Waals surface area (Å²) in [4.78, 5) is 12.2. The maximum atomic E-state index is 7.70. The Morgan fingerprint density at radius 2 is 2.12 bits per heavy atom. The molecule has 0 atom stereocenters. The van der Waals surface area contributed by atoms with E-state index in [-0.39, 0.29) is 0 Å². The van der Waals surface area contributed by atoms with Crippen molar-refractivity contribution < 1.29 is 0 Å². The van der Waals surface area contributed by atoms with Crippen LogP contribution in [0.5, 0.6) is 0 Å². The highest BCUT2D eigenvalue weighted by Gasteiger charge is 2.09. The summed E-state index contributed by atoms with van der Waals surface area (Å²) in [6.07, 6.45) is 2.86. The van der Waals surface area contributed by atoms with Crippen molar-refractivity contribution in [2.75, 3.05) is 22.9 Å². The van der Waals surface area contributed by atoms with Crippen LogP contribution in [-0.2, 0) is 0 Å². The zero-order valence-corrected chi connectivity index (χ0v) is 13.8. The summed E-state index contributed by atoms with van der Waals surface area (Å²) < 4.78 is 0. The number of aromatic nitrogens is 3. The molecule has 0 amide bonds. The lowest BCUT2D eigenvalue weighted by atomic mass is 10.1. The summed E-state index contributed by atoms with van der Waals surface area (Å²) >= 11 is 0. The largest absolute Gasteiger partial charge is 0.398 e. The van der Waals surface area contributed by atoms with E-state index in [1.807, 2.05) is 24.4 Å². The number of aromatic amines is 1. The summed E-state index contributed by atoms with van der Waals surface area (Å²) in [6.45, 7) is 4.67. The van der Waals surface area contributed by atoms with Gasteiger partial charge in [-0.05, 0) is 37.6 Å². The van der Waals surface area contributed by atoms with Crippen LogP contribution in [0.1, 0.15) is 25.8 Å². The third kappa shape index (κ3) is 3.15. The Bertz CT molecular complexity index is 882. The summed E-state index contributed by atoms with van der Waals surface area (Å²) in [5.41, 5.74) is 9.28. The molecule has 0 saturated carbocycles. The molecule has 24 heavy (non-hydrogen) atoms. The third-order valence-electron chi connectivity index (χ3n) is 3.67. The van der Waals surface area contributed by atoms with Crippen LogP contribution in [0, 0.1) is 5.41 Å². The van der Waals surface area contributed by atoms with Gasteiger partial charge in [0.15, 0.2) is 0 Å². The average molecular weight is 323 g/mol. The van der Waals surface area contributed by atoms with Gasteiger partial charge in [0.05, 0.1) is 5.39 Å².